The third kappa shape index (κ3) is 2.02. The summed E-state index contributed by atoms with van der Waals surface area (Å²) in [7, 11) is 0. The summed E-state index contributed by atoms with van der Waals surface area (Å²) in [6.07, 6.45) is 5.57. The van der Waals surface area contributed by atoms with Gasteiger partial charge in [0.05, 0.1) is 16.3 Å². The van der Waals surface area contributed by atoms with Crippen molar-refractivity contribution >= 4 is 15.9 Å². The Morgan fingerprint density at radius 1 is 1.62 bits per heavy atom. The molecule has 0 spiro atoms. The molecule has 1 aromatic heterocycles. The fourth-order valence-electron chi connectivity index (χ4n) is 1.17. The Kier molecular flexibility index (Phi) is 2.54. The highest BCUT2D eigenvalue weighted by molar-refractivity contribution is 9.10. The molecule has 0 aromatic carbocycles. The molecular weight excluding hydrogens is 230 g/mol. The number of nitrogens with zero attached hydrogens (tertiary/aromatic N) is 1. The van der Waals surface area contributed by atoms with Gasteiger partial charge in [0.15, 0.2) is 0 Å². The van der Waals surface area contributed by atoms with Crippen LogP contribution in [0.25, 0.3) is 0 Å². The SMILES string of the molecule is CCc1nccc(OC2CC2)c1Br. The molecule has 0 atom stereocenters. The molecule has 0 aliphatic heterocycles. The van der Waals surface area contributed by atoms with Crippen LogP contribution < -0.4 is 4.74 Å². The van der Waals surface area contributed by atoms with Crippen LogP contribution in [0.3, 0.4) is 0 Å². The van der Waals surface area contributed by atoms with Crippen LogP contribution in [-0.4, -0.2) is 11.1 Å². The highest BCUT2D eigenvalue weighted by Gasteiger charge is 2.24. The Hall–Kier alpha value is -0.570. The first-order chi connectivity index (χ1) is 6.31. The summed E-state index contributed by atoms with van der Waals surface area (Å²) in [5, 5.41) is 0. The summed E-state index contributed by atoms with van der Waals surface area (Å²) < 4.78 is 6.73. The van der Waals surface area contributed by atoms with Crippen molar-refractivity contribution in [1.82, 2.24) is 4.98 Å². The van der Waals surface area contributed by atoms with Gasteiger partial charge in [0.1, 0.15) is 5.75 Å². The molecule has 0 unspecified atom stereocenters. The summed E-state index contributed by atoms with van der Waals surface area (Å²) in [6, 6.07) is 1.92. The van der Waals surface area contributed by atoms with E-state index in [0.29, 0.717) is 6.10 Å². The lowest BCUT2D eigenvalue weighted by Gasteiger charge is -2.08. The van der Waals surface area contributed by atoms with Gasteiger partial charge in [0.2, 0.25) is 0 Å². The maximum Gasteiger partial charge on any atom is 0.137 e. The minimum atomic E-state index is 0.448. The van der Waals surface area contributed by atoms with Crippen LogP contribution >= 0.6 is 15.9 Å². The minimum absolute atomic E-state index is 0.448. The van der Waals surface area contributed by atoms with E-state index in [1.165, 1.54) is 12.8 Å². The van der Waals surface area contributed by atoms with Crippen molar-refractivity contribution in [1.29, 1.82) is 0 Å². The smallest absolute Gasteiger partial charge is 0.137 e. The highest BCUT2D eigenvalue weighted by Crippen LogP contribution is 2.33. The van der Waals surface area contributed by atoms with Gasteiger partial charge in [-0.15, -0.1) is 0 Å². The van der Waals surface area contributed by atoms with Gasteiger partial charge in [-0.25, -0.2) is 0 Å². The van der Waals surface area contributed by atoms with Gasteiger partial charge in [-0.2, -0.15) is 0 Å². The van der Waals surface area contributed by atoms with E-state index in [1.807, 2.05) is 6.07 Å². The number of aryl methyl sites for hydroxylation is 1. The summed E-state index contributed by atoms with van der Waals surface area (Å²) in [4.78, 5) is 4.26. The molecule has 1 fully saturated rings. The van der Waals surface area contributed by atoms with Crippen LogP contribution in [0.15, 0.2) is 16.7 Å². The van der Waals surface area contributed by atoms with E-state index in [-0.39, 0.29) is 0 Å². The Morgan fingerprint density at radius 2 is 2.38 bits per heavy atom. The van der Waals surface area contributed by atoms with E-state index in [4.69, 9.17) is 4.74 Å². The Labute approximate surface area is 86.5 Å². The average Bonchev–Trinajstić information content (AvgIpc) is 2.92. The van der Waals surface area contributed by atoms with Crippen molar-refractivity contribution in [2.24, 2.45) is 0 Å². The lowest BCUT2D eigenvalue weighted by molar-refractivity contribution is 0.300. The topological polar surface area (TPSA) is 22.1 Å². The van der Waals surface area contributed by atoms with Crippen molar-refractivity contribution in [2.75, 3.05) is 0 Å². The number of halogens is 1. The van der Waals surface area contributed by atoms with Crippen molar-refractivity contribution in [2.45, 2.75) is 32.3 Å². The molecule has 3 heteroatoms. The molecule has 1 saturated carbocycles. The molecule has 1 aliphatic carbocycles. The molecule has 0 saturated heterocycles. The number of ether oxygens (including phenoxy) is 1. The summed E-state index contributed by atoms with van der Waals surface area (Å²) in [5.74, 6) is 0.939. The van der Waals surface area contributed by atoms with Gasteiger partial charge in [0, 0.05) is 6.20 Å². The zero-order chi connectivity index (χ0) is 9.26. The molecule has 1 heterocycles. The van der Waals surface area contributed by atoms with Gasteiger partial charge in [-0.3, -0.25) is 4.98 Å². The van der Waals surface area contributed by atoms with Gasteiger partial charge in [-0.05, 0) is 41.3 Å². The molecule has 2 nitrogen and oxygen atoms in total. The van der Waals surface area contributed by atoms with Crippen LogP contribution in [0, 0.1) is 0 Å². The minimum Gasteiger partial charge on any atom is -0.489 e. The number of rotatable bonds is 3. The first kappa shape index (κ1) is 9.00. The summed E-state index contributed by atoms with van der Waals surface area (Å²) in [5.41, 5.74) is 1.07. The quantitative estimate of drug-likeness (QED) is 0.812. The number of hydrogen-bond donors (Lipinski definition) is 0. The summed E-state index contributed by atoms with van der Waals surface area (Å²) >= 11 is 3.51. The van der Waals surface area contributed by atoms with E-state index >= 15 is 0 Å². The van der Waals surface area contributed by atoms with Gasteiger partial charge in [0.25, 0.3) is 0 Å². The first-order valence-electron chi connectivity index (χ1n) is 4.61. The molecule has 1 aromatic rings. The first-order valence-corrected chi connectivity index (χ1v) is 5.40. The van der Waals surface area contributed by atoms with Crippen molar-refractivity contribution in [3.63, 3.8) is 0 Å². The molecule has 0 N–H and O–H groups in total. The fourth-order valence-corrected chi connectivity index (χ4v) is 1.78. The lowest BCUT2D eigenvalue weighted by Crippen LogP contribution is -1.99. The van der Waals surface area contributed by atoms with Gasteiger partial charge < -0.3 is 4.74 Å². The molecule has 70 valence electrons. The highest BCUT2D eigenvalue weighted by atomic mass is 79.9. The number of pyridine rings is 1. The number of hydrogen-bond acceptors (Lipinski definition) is 2. The predicted octanol–water partition coefficient (Wildman–Crippen LogP) is 2.95. The second kappa shape index (κ2) is 3.66. The maximum absolute atomic E-state index is 5.71. The van der Waals surface area contributed by atoms with Crippen LogP contribution in [0.4, 0.5) is 0 Å². The van der Waals surface area contributed by atoms with E-state index in [1.54, 1.807) is 6.20 Å². The van der Waals surface area contributed by atoms with Crippen LogP contribution in [0.2, 0.25) is 0 Å². The van der Waals surface area contributed by atoms with Gasteiger partial charge in [-0.1, -0.05) is 6.92 Å². The molecule has 13 heavy (non-hydrogen) atoms. The standard InChI is InChI=1S/C10H12BrNO/c1-2-8-10(11)9(5-6-12-8)13-7-3-4-7/h5-7H,2-4H2,1H3. The second-order valence-corrected chi connectivity index (χ2v) is 4.03. The Bertz CT molecular complexity index is 310. The predicted molar refractivity (Wildman–Crippen MR) is 55.0 cm³/mol. The number of aromatic nitrogens is 1. The third-order valence-corrected chi connectivity index (χ3v) is 2.93. The monoisotopic (exact) mass is 241 g/mol. The third-order valence-electron chi connectivity index (χ3n) is 2.08. The Morgan fingerprint density at radius 3 is 3.00 bits per heavy atom. The van der Waals surface area contributed by atoms with E-state index in [0.717, 1.165) is 22.3 Å². The summed E-state index contributed by atoms with van der Waals surface area (Å²) in [6.45, 7) is 2.09. The van der Waals surface area contributed by atoms with Crippen LogP contribution in [0.5, 0.6) is 5.75 Å². The van der Waals surface area contributed by atoms with Crippen molar-refractivity contribution in [3.05, 3.63) is 22.4 Å². The molecule has 2 rings (SSSR count). The Balaban J connectivity index is 2.22. The molecule has 0 amide bonds. The van der Waals surface area contributed by atoms with Crippen LogP contribution in [-0.2, 0) is 6.42 Å². The zero-order valence-electron chi connectivity index (χ0n) is 7.59. The van der Waals surface area contributed by atoms with E-state index in [9.17, 15) is 0 Å². The van der Waals surface area contributed by atoms with E-state index in [2.05, 4.69) is 27.8 Å². The molecule has 0 radical (unpaired) electrons. The molecule has 0 bridgehead atoms. The molecule has 1 aliphatic rings. The lowest BCUT2D eigenvalue weighted by atomic mass is 10.3. The largest absolute Gasteiger partial charge is 0.489 e. The maximum atomic E-state index is 5.71. The second-order valence-electron chi connectivity index (χ2n) is 3.24. The normalized spacial score (nSPS) is 15.8. The fraction of sp³-hybridized carbons (Fsp3) is 0.500. The van der Waals surface area contributed by atoms with Crippen molar-refractivity contribution < 1.29 is 4.74 Å². The zero-order valence-corrected chi connectivity index (χ0v) is 9.17. The molecular formula is C10H12BrNO. The van der Waals surface area contributed by atoms with Crippen LogP contribution in [0.1, 0.15) is 25.5 Å². The van der Waals surface area contributed by atoms with Gasteiger partial charge >= 0.3 is 0 Å². The van der Waals surface area contributed by atoms with Crippen molar-refractivity contribution in [3.8, 4) is 5.75 Å². The average molecular weight is 242 g/mol. The van der Waals surface area contributed by atoms with E-state index < -0.39 is 0 Å².